The highest BCUT2D eigenvalue weighted by molar-refractivity contribution is 9.10. The fourth-order valence-corrected chi connectivity index (χ4v) is 2.95. The highest BCUT2D eigenvalue weighted by atomic mass is 79.9. The largest absolute Gasteiger partial charge is 0.340 e. The fraction of sp³-hybridized carbons (Fsp3) is 0. The van der Waals surface area contributed by atoms with Crippen LogP contribution in [0, 0.1) is 0 Å². The van der Waals surface area contributed by atoms with Crippen molar-refractivity contribution in [2.75, 3.05) is 10.6 Å². The van der Waals surface area contributed by atoms with Gasteiger partial charge in [-0.2, -0.15) is 0 Å². The Balaban J connectivity index is 1.54. The first-order valence-corrected chi connectivity index (χ1v) is 8.76. The number of carbonyl (C=O) groups is 2. The highest BCUT2D eigenvalue weighted by Crippen LogP contribution is 2.22. The van der Waals surface area contributed by atoms with Gasteiger partial charge >= 0.3 is 0 Å². The minimum atomic E-state index is -0.549. The molecule has 0 bridgehead atoms. The molecule has 0 saturated carbocycles. The van der Waals surface area contributed by atoms with Crippen LogP contribution in [0.5, 0.6) is 0 Å². The van der Waals surface area contributed by atoms with Crippen LogP contribution in [0.15, 0.2) is 59.3 Å². The van der Waals surface area contributed by atoms with Crippen molar-refractivity contribution in [1.29, 1.82) is 0 Å². The molecule has 9 heteroatoms. The van der Waals surface area contributed by atoms with Crippen LogP contribution in [0.1, 0.15) is 21.0 Å². The lowest BCUT2D eigenvalue weighted by Crippen LogP contribution is -2.21. The predicted octanol–water partition coefficient (Wildman–Crippen LogP) is 3.55. The van der Waals surface area contributed by atoms with E-state index in [0.29, 0.717) is 5.69 Å². The first-order valence-electron chi connectivity index (χ1n) is 7.97. The number of fused-ring (bicyclic) bond motifs is 1. The number of benzene rings is 2. The Morgan fingerprint density at radius 1 is 0.963 bits per heavy atom. The molecule has 2 heterocycles. The van der Waals surface area contributed by atoms with Crippen molar-refractivity contribution in [2.45, 2.75) is 0 Å². The third-order valence-electron chi connectivity index (χ3n) is 3.82. The van der Waals surface area contributed by atoms with E-state index in [0.717, 1.165) is 15.5 Å². The Labute approximate surface area is 161 Å². The maximum atomic E-state index is 12.6. The molecule has 4 aromatic rings. The molecule has 0 radical (unpaired) electrons. The summed E-state index contributed by atoms with van der Waals surface area (Å²) in [5.41, 5.74) is 2.13. The van der Waals surface area contributed by atoms with Crippen molar-refractivity contribution in [3.05, 3.63) is 70.7 Å². The van der Waals surface area contributed by atoms with Crippen LogP contribution < -0.4 is 10.6 Å². The van der Waals surface area contributed by atoms with E-state index in [1.807, 2.05) is 30.3 Å². The maximum absolute atomic E-state index is 12.6. The quantitative estimate of drug-likeness (QED) is 0.400. The third kappa shape index (κ3) is 3.44. The molecule has 4 N–H and O–H groups in total. The third-order valence-corrected chi connectivity index (χ3v) is 4.52. The van der Waals surface area contributed by atoms with Crippen molar-refractivity contribution < 1.29 is 9.59 Å². The lowest BCUT2D eigenvalue weighted by molar-refractivity contribution is 0.0985. The second-order valence-corrected chi connectivity index (χ2v) is 6.47. The molecule has 0 fully saturated rings. The average Bonchev–Trinajstić information content (AvgIpc) is 3.29. The van der Waals surface area contributed by atoms with Gasteiger partial charge in [-0.3, -0.25) is 14.9 Å². The second-order valence-electron chi connectivity index (χ2n) is 5.62. The van der Waals surface area contributed by atoms with E-state index in [1.165, 1.54) is 6.33 Å². The van der Waals surface area contributed by atoms with Crippen molar-refractivity contribution in [2.24, 2.45) is 0 Å². The number of imidazole rings is 2. The molecule has 0 aliphatic heterocycles. The summed E-state index contributed by atoms with van der Waals surface area (Å²) >= 11 is 3.36. The molecule has 27 heavy (non-hydrogen) atoms. The zero-order chi connectivity index (χ0) is 18.8. The van der Waals surface area contributed by atoms with Gasteiger partial charge in [0.2, 0.25) is 5.95 Å². The number of halogens is 1. The number of aromatic amines is 2. The number of H-pyrrole nitrogens is 2. The summed E-state index contributed by atoms with van der Waals surface area (Å²) in [7, 11) is 0. The molecule has 0 saturated heterocycles. The number of rotatable bonds is 4. The molecule has 2 aromatic carbocycles. The molecule has 0 atom stereocenters. The van der Waals surface area contributed by atoms with Crippen LogP contribution in [-0.2, 0) is 0 Å². The maximum Gasteiger partial charge on any atom is 0.279 e. The molecule has 4 rings (SSSR count). The first kappa shape index (κ1) is 17.0. The van der Waals surface area contributed by atoms with Crippen LogP contribution in [0.3, 0.4) is 0 Å². The van der Waals surface area contributed by atoms with Gasteiger partial charge in [0.1, 0.15) is 5.69 Å². The van der Waals surface area contributed by atoms with E-state index < -0.39 is 11.8 Å². The van der Waals surface area contributed by atoms with Gasteiger partial charge in [-0.1, -0.05) is 24.3 Å². The monoisotopic (exact) mass is 424 g/mol. The molecule has 0 spiro atoms. The molecule has 0 aliphatic rings. The minimum absolute atomic E-state index is 0.0278. The van der Waals surface area contributed by atoms with Crippen LogP contribution >= 0.6 is 15.9 Å². The summed E-state index contributed by atoms with van der Waals surface area (Å²) < 4.78 is 0.728. The van der Waals surface area contributed by atoms with E-state index in [-0.39, 0.29) is 17.3 Å². The van der Waals surface area contributed by atoms with Gasteiger partial charge in [0.25, 0.3) is 11.8 Å². The molecule has 2 amide bonds. The van der Waals surface area contributed by atoms with Gasteiger partial charge in [-0.15, -0.1) is 0 Å². The van der Waals surface area contributed by atoms with Gasteiger partial charge in [0.05, 0.1) is 23.0 Å². The van der Waals surface area contributed by atoms with E-state index >= 15 is 0 Å². The number of hydrogen-bond donors (Lipinski definition) is 4. The molecule has 8 nitrogen and oxygen atoms in total. The summed E-state index contributed by atoms with van der Waals surface area (Å²) in [4.78, 5) is 39.1. The predicted molar refractivity (Wildman–Crippen MR) is 105 cm³/mol. The molecule has 0 unspecified atom stereocenters. The highest BCUT2D eigenvalue weighted by Gasteiger charge is 2.22. The number of aromatic nitrogens is 4. The van der Waals surface area contributed by atoms with Crippen molar-refractivity contribution in [1.82, 2.24) is 19.9 Å². The minimum Gasteiger partial charge on any atom is -0.340 e. The number of anilines is 2. The van der Waals surface area contributed by atoms with Crippen LogP contribution in [0.4, 0.5) is 11.6 Å². The number of carbonyl (C=O) groups excluding carboxylic acids is 2. The summed E-state index contributed by atoms with van der Waals surface area (Å²) in [5.74, 6) is -0.747. The Morgan fingerprint density at radius 3 is 2.56 bits per heavy atom. The molecule has 2 aromatic heterocycles. The van der Waals surface area contributed by atoms with Crippen LogP contribution in [0.2, 0.25) is 0 Å². The molecule has 0 aliphatic carbocycles. The van der Waals surface area contributed by atoms with Gasteiger partial charge in [-0.25, -0.2) is 9.97 Å². The van der Waals surface area contributed by atoms with Crippen molar-refractivity contribution in [3.63, 3.8) is 0 Å². The number of hydrogen-bond acceptors (Lipinski definition) is 4. The van der Waals surface area contributed by atoms with E-state index in [9.17, 15) is 9.59 Å². The second kappa shape index (κ2) is 7.04. The SMILES string of the molecule is O=C(Nc1nc2ccccc2[nH]1)c1nc[nH]c1C(=O)Nc1ccccc1Br. The summed E-state index contributed by atoms with van der Waals surface area (Å²) in [6, 6.07) is 14.6. The summed E-state index contributed by atoms with van der Waals surface area (Å²) in [6.45, 7) is 0. The average molecular weight is 425 g/mol. The van der Waals surface area contributed by atoms with E-state index in [2.05, 4.69) is 46.5 Å². The Hall–Kier alpha value is -3.46. The Morgan fingerprint density at radius 2 is 1.74 bits per heavy atom. The first-order chi connectivity index (χ1) is 13.1. The Kier molecular flexibility index (Phi) is 4.43. The lowest BCUT2D eigenvalue weighted by Gasteiger charge is -2.07. The molecule has 134 valence electrons. The number of nitrogens with one attached hydrogen (secondary N) is 4. The summed E-state index contributed by atoms with van der Waals surface area (Å²) in [5, 5.41) is 5.36. The Bertz CT molecular complexity index is 1120. The van der Waals surface area contributed by atoms with E-state index in [1.54, 1.807) is 18.2 Å². The van der Waals surface area contributed by atoms with Gasteiger partial charge in [0, 0.05) is 4.47 Å². The number of para-hydroxylation sites is 3. The standard InChI is InChI=1S/C18H13BrN6O2/c19-10-5-1-2-6-11(10)22-16(26)14-15(21-9-20-14)17(27)25-18-23-12-7-3-4-8-13(12)24-18/h1-9H,(H,20,21)(H,22,26)(H2,23,24,25,27). The van der Waals surface area contributed by atoms with Gasteiger partial charge in [-0.05, 0) is 40.2 Å². The molecular formula is C18H13BrN6O2. The lowest BCUT2D eigenvalue weighted by atomic mass is 10.2. The topological polar surface area (TPSA) is 116 Å². The normalized spacial score (nSPS) is 10.7. The fourth-order valence-electron chi connectivity index (χ4n) is 2.57. The summed E-state index contributed by atoms with van der Waals surface area (Å²) in [6.07, 6.45) is 1.29. The van der Waals surface area contributed by atoms with E-state index in [4.69, 9.17) is 0 Å². The number of nitrogens with zero attached hydrogens (tertiary/aromatic N) is 2. The van der Waals surface area contributed by atoms with Gasteiger partial charge < -0.3 is 15.3 Å². The van der Waals surface area contributed by atoms with Crippen molar-refractivity contribution >= 4 is 50.4 Å². The van der Waals surface area contributed by atoms with Crippen LogP contribution in [0.25, 0.3) is 11.0 Å². The smallest absolute Gasteiger partial charge is 0.279 e. The number of amides is 2. The zero-order valence-electron chi connectivity index (χ0n) is 13.8. The van der Waals surface area contributed by atoms with Gasteiger partial charge in [0.15, 0.2) is 5.69 Å². The zero-order valence-corrected chi connectivity index (χ0v) is 15.4. The van der Waals surface area contributed by atoms with Crippen molar-refractivity contribution in [3.8, 4) is 0 Å². The van der Waals surface area contributed by atoms with Crippen LogP contribution in [-0.4, -0.2) is 31.8 Å². The molecular weight excluding hydrogens is 412 g/mol.